The van der Waals surface area contributed by atoms with Gasteiger partial charge in [-0.25, -0.2) is 0 Å². The van der Waals surface area contributed by atoms with Crippen LogP contribution in [0.5, 0.6) is 5.75 Å². The lowest BCUT2D eigenvalue weighted by molar-refractivity contribution is -0.122. The molecule has 0 spiro atoms. The minimum Gasteiger partial charge on any atom is -0.496 e. The summed E-state index contributed by atoms with van der Waals surface area (Å²) in [6.07, 6.45) is 3.99. The number of rotatable bonds is 6. The van der Waals surface area contributed by atoms with E-state index in [2.05, 4.69) is 18.8 Å². The van der Waals surface area contributed by atoms with Crippen molar-refractivity contribution in [2.45, 2.75) is 47.0 Å². The van der Waals surface area contributed by atoms with Crippen LogP contribution in [-0.2, 0) is 11.2 Å². The van der Waals surface area contributed by atoms with E-state index in [1.165, 1.54) is 0 Å². The summed E-state index contributed by atoms with van der Waals surface area (Å²) in [5.74, 6) is 1.28. The van der Waals surface area contributed by atoms with Crippen LogP contribution in [-0.4, -0.2) is 17.9 Å². The number of carbonyl (C=O) groups is 1. The minimum atomic E-state index is 0.151. The highest BCUT2D eigenvalue weighted by atomic mass is 16.5. The quantitative estimate of drug-likeness (QED) is 0.777. The van der Waals surface area contributed by atoms with Gasteiger partial charge in [0.05, 0.1) is 12.8 Å². The van der Waals surface area contributed by atoms with Crippen molar-refractivity contribution in [1.82, 2.24) is 4.98 Å². The summed E-state index contributed by atoms with van der Waals surface area (Å²) in [7, 11) is 1.65. The Labute approximate surface area is 110 Å². The summed E-state index contributed by atoms with van der Waals surface area (Å²) in [4.78, 5) is 16.5. The molecule has 0 aliphatic rings. The van der Waals surface area contributed by atoms with Crippen LogP contribution in [0.1, 0.15) is 43.5 Å². The van der Waals surface area contributed by atoms with E-state index in [1.807, 2.05) is 13.8 Å². The molecule has 0 amide bonds. The number of pyridine rings is 1. The van der Waals surface area contributed by atoms with Gasteiger partial charge in [-0.15, -0.1) is 0 Å². The highest BCUT2D eigenvalue weighted by molar-refractivity contribution is 5.83. The molecule has 0 atom stereocenters. The van der Waals surface area contributed by atoms with Gasteiger partial charge in [0.15, 0.2) is 0 Å². The molecule has 18 heavy (non-hydrogen) atoms. The van der Waals surface area contributed by atoms with E-state index < -0.39 is 0 Å². The third-order valence-corrected chi connectivity index (χ3v) is 3.53. The molecule has 0 N–H and O–H groups in total. The van der Waals surface area contributed by atoms with E-state index in [1.54, 1.807) is 13.3 Å². The molecule has 1 rings (SSSR count). The summed E-state index contributed by atoms with van der Waals surface area (Å²) in [6, 6.07) is 0. The summed E-state index contributed by atoms with van der Waals surface area (Å²) < 4.78 is 5.36. The molecule has 0 aliphatic heterocycles. The second-order valence-electron chi connectivity index (χ2n) is 4.70. The highest BCUT2D eigenvalue weighted by Crippen LogP contribution is 2.25. The van der Waals surface area contributed by atoms with Gasteiger partial charge in [0.2, 0.25) is 0 Å². The predicted octanol–water partition coefficient (Wildman–Crippen LogP) is 3.25. The fraction of sp³-hybridized carbons (Fsp3) is 0.600. The van der Waals surface area contributed by atoms with E-state index in [-0.39, 0.29) is 11.7 Å². The molecule has 0 saturated carbocycles. The number of ketones is 1. The Morgan fingerprint density at radius 3 is 2.44 bits per heavy atom. The summed E-state index contributed by atoms with van der Waals surface area (Å²) in [6.45, 7) is 8.05. The van der Waals surface area contributed by atoms with Crippen molar-refractivity contribution in [3.63, 3.8) is 0 Å². The topological polar surface area (TPSA) is 39.2 Å². The van der Waals surface area contributed by atoms with Gasteiger partial charge < -0.3 is 4.74 Å². The SMILES string of the molecule is CCC(CC)C(=O)Cc1ncc(C)c(OC)c1C. The van der Waals surface area contributed by atoms with Crippen LogP contribution in [0.15, 0.2) is 6.20 Å². The molecule has 0 bridgehead atoms. The monoisotopic (exact) mass is 249 g/mol. The molecule has 1 heterocycles. The molecule has 0 aliphatic carbocycles. The Kier molecular flexibility index (Phi) is 5.32. The third kappa shape index (κ3) is 3.09. The number of methoxy groups -OCH3 is 1. The van der Waals surface area contributed by atoms with Gasteiger partial charge >= 0.3 is 0 Å². The van der Waals surface area contributed by atoms with Gasteiger partial charge in [-0.1, -0.05) is 13.8 Å². The zero-order chi connectivity index (χ0) is 13.7. The molecule has 3 nitrogen and oxygen atoms in total. The van der Waals surface area contributed by atoms with Crippen LogP contribution in [0.3, 0.4) is 0 Å². The number of aromatic nitrogens is 1. The number of hydrogen-bond acceptors (Lipinski definition) is 3. The maximum atomic E-state index is 12.1. The molecule has 0 saturated heterocycles. The molecule has 1 aromatic heterocycles. The Morgan fingerprint density at radius 1 is 1.33 bits per heavy atom. The van der Waals surface area contributed by atoms with Crippen LogP contribution in [0.2, 0.25) is 0 Å². The largest absolute Gasteiger partial charge is 0.496 e. The smallest absolute Gasteiger partial charge is 0.141 e. The number of aryl methyl sites for hydroxylation is 1. The van der Waals surface area contributed by atoms with Crippen molar-refractivity contribution in [2.75, 3.05) is 7.11 Å². The van der Waals surface area contributed by atoms with Crippen LogP contribution >= 0.6 is 0 Å². The van der Waals surface area contributed by atoms with Crippen molar-refractivity contribution in [3.8, 4) is 5.75 Å². The van der Waals surface area contributed by atoms with Crippen molar-refractivity contribution in [1.29, 1.82) is 0 Å². The molecule has 1 aromatic rings. The fourth-order valence-corrected chi connectivity index (χ4v) is 2.30. The number of ether oxygens (including phenoxy) is 1. The first-order valence-corrected chi connectivity index (χ1v) is 6.56. The third-order valence-electron chi connectivity index (χ3n) is 3.53. The lowest BCUT2D eigenvalue weighted by Crippen LogP contribution is -2.17. The van der Waals surface area contributed by atoms with Crippen LogP contribution in [0, 0.1) is 19.8 Å². The van der Waals surface area contributed by atoms with Crippen molar-refractivity contribution < 1.29 is 9.53 Å². The van der Waals surface area contributed by atoms with Crippen molar-refractivity contribution >= 4 is 5.78 Å². The van der Waals surface area contributed by atoms with Gasteiger partial charge in [-0.2, -0.15) is 0 Å². The van der Waals surface area contributed by atoms with E-state index in [4.69, 9.17) is 4.74 Å². The fourth-order valence-electron chi connectivity index (χ4n) is 2.30. The van der Waals surface area contributed by atoms with Crippen molar-refractivity contribution in [2.24, 2.45) is 5.92 Å². The Morgan fingerprint density at radius 2 is 1.94 bits per heavy atom. The van der Waals surface area contributed by atoms with Crippen LogP contribution in [0.25, 0.3) is 0 Å². The first-order chi connectivity index (χ1) is 8.54. The van der Waals surface area contributed by atoms with Gasteiger partial charge in [0.25, 0.3) is 0 Å². The van der Waals surface area contributed by atoms with Gasteiger partial charge in [0, 0.05) is 29.7 Å². The van der Waals surface area contributed by atoms with Crippen LogP contribution in [0.4, 0.5) is 0 Å². The molecule has 0 fully saturated rings. The minimum absolute atomic E-state index is 0.151. The first-order valence-electron chi connectivity index (χ1n) is 6.56. The van der Waals surface area contributed by atoms with E-state index in [0.717, 1.165) is 35.4 Å². The molecular formula is C15H23NO2. The number of nitrogens with zero attached hydrogens (tertiary/aromatic N) is 1. The molecule has 100 valence electrons. The Bertz CT molecular complexity index is 423. The first kappa shape index (κ1) is 14.7. The number of Topliss-reactive ketones (excluding diaryl/α,β-unsaturated/α-hetero) is 1. The van der Waals surface area contributed by atoms with Gasteiger partial charge in [-0.05, 0) is 26.7 Å². The highest BCUT2D eigenvalue weighted by Gasteiger charge is 2.18. The predicted molar refractivity (Wildman–Crippen MR) is 73.0 cm³/mol. The Balaban J connectivity index is 2.95. The van der Waals surface area contributed by atoms with Crippen LogP contribution < -0.4 is 4.74 Å². The second kappa shape index (κ2) is 6.53. The maximum Gasteiger partial charge on any atom is 0.141 e. The summed E-state index contributed by atoms with van der Waals surface area (Å²) in [5, 5.41) is 0. The number of carbonyl (C=O) groups excluding carboxylic acids is 1. The van der Waals surface area contributed by atoms with Crippen molar-refractivity contribution in [3.05, 3.63) is 23.0 Å². The molecule has 0 radical (unpaired) electrons. The molecular weight excluding hydrogens is 226 g/mol. The average Bonchev–Trinajstić information content (AvgIpc) is 2.35. The average molecular weight is 249 g/mol. The standard InChI is InChI=1S/C15H23NO2/c1-6-12(7-2)14(17)8-13-11(4)15(18-5)10(3)9-16-13/h9,12H,6-8H2,1-5H3. The summed E-state index contributed by atoms with van der Waals surface area (Å²) in [5.41, 5.74) is 2.83. The second-order valence-corrected chi connectivity index (χ2v) is 4.70. The normalized spacial score (nSPS) is 10.8. The van der Waals surface area contributed by atoms with E-state index in [0.29, 0.717) is 6.42 Å². The zero-order valence-electron chi connectivity index (χ0n) is 12.0. The molecule has 3 heteroatoms. The van der Waals surface area contributed by atoms with E-state index >= 15 is 0 Å². The molecule has 0 aromatic carbocycles. The summed E-state index contributed by atoms with van der Waals surface area (Å²) >= 11 is 0. The zero-order valence-corrected chi connectivity index (χ0v) is 12.0. The van der Waals surface area contributed by atoms with Gasteiger partial charge in [-0.3, -0.25) is 9.78 Å². The van der Waals surface area contributed by atoms with Gasteiger partial charge in [0.1, 0.15) is 11.5 Å². The maximum absolute atomic E-state index is 12.1. The lowest BCUT2D eigenvalue weighted by Gasteiger charge is -2.14. The Hall–Kier alpha value is -1.38. The molecule has 0 unspecified atom stereocenters. The van der Waals surface area contributed by atoms with E-state index in [9.17, 15) is 4.79 Å². The lowest BCUT2D eigenvalue weighted by atomic mass is 9.93. The number of hydrogen-bond donors (Lipinski definition) is 0.